The van der Waals surface area contributed by atoms with Crippen molar-refractivity contribution in [2.24, 2.45) is 4.99 Å². The van der Waals surface area contributed by atoms with Gasteiger partial charge in [0.25, 0.3) is 0 Å². The van der Waals surface area contributed by atoms with Crippen LogP contribution in [0.25, 0.3) is 0 Å². The van der Waals surface area contributed by atoms with Gasteiger partial charge in [0.1, 0.15) is 0 Å². The fourth-order valence-corrected chi connectivity index (χ4v) is 1.78. The average molecular weight is 462 g/mol. The quantitative estimate of drug-likeness (QED) is 0.200. The van der Waals surface area contributed by atoms with Gasteiger partial charge in [0.15, 0.2) is 23.4 Å². The molecule has 0 fully saturated rings. The Labute approximate surface area is 153 Å². The maximum absolute atomic E-state index is 13.4. The number of carbonyl (C=O) groups excluding carboxylic acids is 1. The molecule has 1 aromatic carbocycles. The van der Waals surface area contributed by atoms with E-state index in [1.165, 1.54) is 0 Å². The molecule has 0 saturated carbocycles. The van der Waals surface area contributed by atoms with Crippen molar-refractivity contribution in [2.75, 3.05) is 37.5 Å². The molecule has 3 N–H and O–H groups in total. The number of benzene rings is 1. The van der Waals surface area contributed by atoms with Crippen molar-refractivity contribution >= 4 is 53.3 Å². The second-order valence-corrected chi connectivity index (χ2v) is 5.10. The number of hydrogen-bond acceptors (Lipinski definition) is 3. The first-order chi connectivity index (χ1) is 10.5. The molecule has 0 radical (unpaired) electrons. The van der Waals surface area contributed by atoms with Gasteiger partial charge in [0.05, 0.1) is 12.2 Å². The smallest absolute Gasteiger partial charge is 0.243 e. The van der Waals surface area contributed by atoms with Crippen LogP contribution in [0.1, 0.15) is 0 Å². The van der Waals surface area contributed by atoms with Crippen LogP contribution in [0.4, 0.5) is 18.9 Å². The van der Waals surface area contributed by atoms with Crippen LogP contribution in [0.5, 0.6) is 0 Å². The van der Waals surface area contributed by atoms with Crippen molar-refractivity contribution in [1.29, 1.82) is 0 Å². The topological polar surface area (TPSA) is 65.5 Å². The van der Waals surface area contributed by atoms with Gasteiger partial charge in [-0.25, -0.2) is 13.2 Å². The summed E-state index contributed by atoms with van der Waals surface area (Å²) in [5, 5.41) is 7.85. The van der Waals surface area contributed by atoms with Crippen LogP contribution >= 0.6 is 35.7 Å². The average Bonchev–Trinajstić information content (AvgIpc) is 2.51. The van der Waals surface area contributed by atoms with Crippen LogP contribution in [0.2, 0.25) is 0 Å². The summed E-state index contributed by atoms with van der Waals surface area (Å²) in [6, 6.07) is 1.70. The van der Waals surface area contributed by atoms with Crippen molar-refractivity contribution in [3.8, 4) is 0 Å². The molecule has 0 saturated heterocycles. The number of nitrogens with zero attached hydrogens (tertiary/aromatic N) is 1. The highest BCUT2D eigenvalue weighted by Gasteiger charge is 2.15. The predicted molar refractivity (Wildman–Crippen MR) is 98.1 cm³/mol. The molecule has 0 aliphatic heterocycles. The summed E-state index contributed by atoms with van der Waals surface area (Å²) >= 11 is 1.65. The molecule has 1 amide bonds. The third-order valence-electron chi connectivity index (χ3n) is 2.55. The lowest BCUT2D eigenvalue weighted by Gasteiger charge is -2.12. The van der Waals surface area contributed by atoms with E-state index >= 15 is 0 Å². The number of guanidine groups is 1. The summed E-state index contributed by atoms with van der Waals surface area (Å²) in [7, 11) is 1.54. The van der Waals surface area contributed by atoms with Crippen LogP contribution in [0.15, 0.2) is 17.1 Å². The highest BCUT2D eigenvalue weighted by molar-refractivity contribution is 14.0. The Morgan fingerprint density at radius 2 is 1.91 bits per heavy atom. The summed E-state index contributed by atoms with van der Waals surface area (Å²) in [4.78, 5) is 15.6. The summed E-state index contributed by atoms with van der Waals surface area (Å²) in [6.45, 7) is 0.470. The van der Waals surface area contributed by atoms with E-state index < -0.39 is 29.0 Å². The number of amides is 1. The van der Waals surface area contributed by atoms with E-state index in [1.54, 1.807) is 18.8 Å². The van der Waals surface area contributed by atoms with Crippen LogP contribution in [0.3, 0.4) is 0 Å². The summed E-state index contributed by atoms with van der Waals surface area (Å²) < 4.78 is 39.2. The highest BCUT2D eigenvalue weighted by atomic mass is 127. The Kier molecular flexibility index (Phi) is 10.8. The number of halogens is 4. The van der Waals surface area contributed by atoms with Gasteiger partial charge in [-0.05, 0) is 18.4 Å². The third-order valence-corrected chi connectivity index (χ3v) is 3.16. The molecule has 5 nitrogen and oxygen atoms in total. The normalized spacial score (nSPS) is 10.7. The van der Waals surface area contributed by atoms with Gasteiger partial charge in [-0.3, -0.25) is 9.79 Å². The number of nitrogens with one attached hydrogen (secondary N) is 3. The largest absolute Gasteiger partial charge is 0.356 e. The third kappa shape index (κ3) is 7.29. The van der Waals surface area contributed by atoms with Crippen molar-refractivity contribution in [1.82, 2.24) is 10.6 Å². The molecule has 23 heavy (non-hydrogen) atoms. The molecule has 0 atom stereocenters. The summed E-state index contributed by atoms with van der Waals surface area (Å²) in [6.07, 6.45) is 1.96. The molecule has 0 bridgehead atoms. The van der Waals surface area contributed by atoms with E-state index in [-0.39, 0.29) is 30.5 Å². The first-order valence-electron chi connectivity index (χ1n) is 6.36. The first kappa shape index (κ1) is 21.8. The fourth-order valence-electron chi connectivity index (χ4n) is 1.47. The van der Waals surface area contributed by atoms with Crippen molar-refractivity contribution in [3.05, 3.63) is 29.6 Å². The minimum absolute atomic E-state index is 0. The second kappa shape index (κ2) is 11.4. The van der Waals surface area contributed by atoms with Crippen LogP contribution in [0, 0.1) is 17.5 Å². The Bertz CT molecular complexity index is 560. The number of anilines is 1. The van der Waals surface area contributed by atoms with Gasteiger partial charge in [-0.15, -0.1) is 24.0 Å². The van der Waals surface area contributed by atoms with Crippen molar-refractivity contribution in [2.45, 2.75) is 0 Å². The molecule has 0 unspecified atom stereocenters. The van der Waals surface area contributed by atoms with Crippen molar-refractivity contribution in [3.63, 3.8) is 0 Å². The maximum atomic E-state index is 13.4. The molecule has 10 heteroatoms. The summed E-state index contributed by atoms with van der Waals surface area (Å²) in [5.41, 5.74) is -0.420. The Balaban J connectivity index is 0.00000484. The lowest BCUT2D eigenvalue weighted by atomic mass is 10.2. The predicted octanol–water partition coefficient (Wildman–Crippen LogP) is 2.19. The number of carbonyl (C=O) groups is 1. The first-order valence-corrected chi connectivity index (χ1v) is 7.75. The lowest BCUT2D eigenvalue weighted by molar-refractivity contribution is -0.115. The van der Waals surface area contributed by atoms with E-state index in [9.17, 15) is 18.0 Å². The van der Waals surface area contributed by atoms with Crippen LogP contribution in [-0.4, -0.2) is 44.0 Å². The minimum Gasteiger partial charge on any atom is -0.356 e. The van der Waals surface area contributed by atoms with Gasteiger partial charge in [-0.1, -0.05) is 0 Å². The van der Waals surface area contributed by atoms with Gasteiger partial charge in [0, 0.05) is 19.3 Å². The molecule has 1 aromatic rings. The molecule has 0 aromatic heterocycles. The zero-order chi connectivity index (χ0) is 16.5. The van der Waals surface area contributed by atoms with Crippen LogP contribution < -0.4 is 16.0 Å². The molecule has 0 spiro atoms. The maximum Gasteiger partial charge on any atom is 0.243 e. The van der Waals surface area contributed by atoms with Gasteiger partial charge < -0.3 is 16.0 Å². The number of hydrogen-bond donors (Lipinski definition) is 3. The zero-order valence-electron chi connectivity index (χ0n) is 12.6. The molecular formula is C13H18F3IN4OS. The van der Waals surface area contributed by atoms with Crippen molar-refractivity contribution < 1.29 is 18.0 Å². The SMILES string of the molecule is CN=C(NCCSC)NCC(=O)Nc1ccc(F)c(F)c1F.I. The number of thioether (sulfide) groups is 1. The molecule has 130 valence electrons. The Morgan fingerprint density at radius 1 is 1.22 bits per heavy atom. The minimum atomic E-state index is -1.62. The fraction of sp³-hybridized carbons (Fsp3) is 0.385. The van der Waals surface area contributed by atoms with E-state index in [2.05, 4.69) is 20.9 Å². The number of rotatable bonds is 6. The van der Waals surface area contributed by atoms with E-state index in [0.717, 1.165) is 17.9 Å². The molecule has 0 aliphatic carbocycles. The Morgan fingerprint density at radius 3 is 2.52 bits per heavy atom. The van der Waals surface area contributed by atoms with Gasteiger partial charge in [0.2, 0.25) is 5.91 Å². The van der Waals surface area contributed by atoms with Gasteiger partial charge in [-0.2, -0.15) is 11.8 Å². The van der Waals surface area contributed by atoms with E-state index in [1.807, 2.05) is 6.26 Å². The molecule has 0 heterocycles. The monoisotopic (exact) mass is 462 g/mol. The van der Waals surface area contributed by atoms with E-state index in [4.69, 9.17) is 0 Å². The molecule has 0 aliphatic rings. The van der Waals surface area contributed by atoms with E-state index in [0.29, 0.717) is 12.5 Å². The van der Waals surface area contributed by atoms with Crippen LogP contribution in [-0.2, 0) is 4.79 Å². The Hall–Kier alpha value is -1.17. The number of aliphatic imine (C=N–C) groups is 1. The summed E-state index contributed by atoms with van der Waals surface area (Å²) in [5.74, 6) is -3.71. The zero-order valence-corrected chi connectivity index (χ0v) is 15.7. The van der Waals surface area contributed by atoms with Gasteiger partial charge >= 0.3 is 0 Å². The second-order valence-electron chi connectivity index (χ2n) is 4.12. The lowest BCUT2D eigenvalue weighted by Crippen LogP contribution is -2.42. The highest BCUT2D eigenvalue weighted by Crippen LogP contribution is 2.19. The molecular weight excluding hydrogens is 444 g/mol. The standard InChI is InChI=1S/C13H17F3N4OS.HI/c1-17-13(18-5-6-22-2)19-7-10(21)20-9-4-3-8(14)11(15)12(9)16;/h3-4H,5-7H2,1-2H3,(H,20,21)(H2,17,18,19);1H. The molecule has 1 rings (SSSR count).